The number of nitrogens with zero attached hydrogens (tertiary/aromatic N) is 2. The van der Waals surface area contributed by atoms with Gasteiger partial charge in [0.2, 0.25) is 0 Å². The molecular formula is C22H19BrN2OS2. The predicted octanol–water partition coefficient (Wildman–Crippen LogP) is 6.43. The molecule has 0 saturated heterocycles. The van der Waals surface area contributed by atoms with Crippen molar-refractivity contribution in [3.8, 4) is 5.69 Å². The van der Waals surface area contributed by atoms with Crippen LogP contribution in [0.3, 0.4) is 0 Å². The van der Waals surface area contributed by atoms with Crippen molar-refractivity contribution in [3.63, 3.8) is 0 Å². The monoisotopic (exact) mass is 470 g/mol. The first-order valence-electron chi connectivity index (χ1n) is 8.90. The van der Waals surface area contributed by atoms with Crippen LogP contribution >= 0.6 is 39.0 Å². The van der Waals surface area contributed by atoms with E-state index in [9.17, 15) is 4.79 Å². The van der Waals surface area contributed by atoms with Crippen LogP contribution in [0.4, 0.5) is 0 Å². The summed E-state index contributed by atoms with van der Waals surface area (Å²) >= 11 is 6.52. The summed E-state index contributed by atoms with van der Waals surface area (Å²) in [6, 6.07) is 14.1. The van der Waals surface area contributed by atoms with Crippen molar-refractivity contribution >= 4 is 49.2 Å². The summed E-state index contributed by atoms with van der Waals surface area (Å²) in [6.45, 7) is 6.41. The molecule has 0 aliphatic heterocycles. The lowest BCUT2D eigenvalue weighted by Crippen LogP contribution is -2.20. The van der Waals surface area contributed by atoms with Gasteiger partial charge in [-0.05, 0) is 73.2 Å². The molecule has 2 heterocycles. The molecule has 4 rings (SSSR count). The lowest BCUT2D eigenvalue weighted by Gasteiger charge is -2.14. The van der Waals surface area contributed by atoms with Gasteiger partial charge in [-0.3, -0.25) is 9.36 Å². The average molecular weight is 471 g/mol. The van der Waals surface area contributed by atoms with Crippen LogP contribution in [0.2, 0.25) is 0 Å². The van der Waals surface area contributed by atoms with E-state index in [1.54, 1.807) is 16.3 Å². The van der Waals surface area contributed by atoms with E-state index in [-0.39, 0.29) is 5.56 Å². The fourth-order valence-electron chi connectivity index (χ4n) is 3.38. The van der Waals surface area contributed by atoms with Gasteiger partial charge in [-0.15, -0.1) is 11.3 Å². The van der Waals surface area contributed by atoms with Crippen LogP contribution in [-0.4, -0.2) is 9.55 Å². The first-order chi connectivity index (χ1) is 13.4. The van der Waals surface area contributed by atoms with Crippen molar-refractivity contribution in [1.29, 1.82) is 0 Å². The van der Waals surface area contributed by atoms with E-state index < -0.39 is 0 Å². The molecule has 0 atom stereocenters. The third-order valence-electron chi connectivity index (χ3n) is 4.72. The minimum atomic E-state index is -0.0119. The van der Waals surface area contributed by atoms with Crippen molar-refractivity contribution in [1.82, 2.24) is 9.55 Å². The van der Waals surface area contributed by atoms with Crippen LogP contribution in [0.25, 0.3) is 15.9 Å². The first-order valence-corrected chi connectivity index (χ1v) is 11.6. The van der Waals surface area contributed by atoms with E-state index in [1.165, 1.54) is 33.6 Å². The molecule has 0 aliphatic carbocycles. The summed E-state index contributed by atoms with van der Waals surface area (Å²) in [5.41, 5.74) is 6.71. The second kappa shape index (κ2) is 7.85. The molecule has 2 aromatic carbocycles. The van der Waals surface area contributed by atoms with Crippen LogP contribution in [0.15, 0.2) is 62.3 Å². The Morgan fingerprint density at radius 2 is 1.75 bits per heavy atom. The molecule has 4 aromatic rings. The Hall–Kier alpha value is -1.89. The van der Waals surface area contributed by atoms with Crippen molar-refractivity contribution < 1.29 is 0 Å². The predicted molar refractivity (Wildman–Crippen MR) is 123 cm³/mol. The zero-order chi connectivity index (χ0) is 19.8. The summed E-state index contributed by atoms with van der Waals surface area (Å²) in [4.78, 5) is 18.0. The maximum Gasteiger partial charge on any atom is 0.276 e. The number of halogens is 1. The summed E-state index contributed by atoms with van der Waals surface area (Å²) in [7, 11) is 0. The molecule has 0 unspecified atom stereocenters. The highest BCUT2D eigenvalue weighted by Gasteiger charge is 2.15. The second-order valence-electron chi connectivity index (χ2n) is 6.81. The average Bonchev–Trinajstić information content (AvgIpc) is 3.11. The number of hydrogen-bond donors (Lipinski definition) is 0. The second-order valence-corrected chi connectivity index (χ2v) is 9.59. The molecule has 0 N–H and O–H groups in total. The number of hydrogen-bond acceptors (Lipinski definition) is 4. The number of thiophene rings is 1. The Kier molecular flexibility index (Phi) is 5.45. The summed E-state index contributed by atoms with van der Waals surface area (Å²) < 4.78 is 3.40. The van der Waals surface area contributed by atoms with E-state index in [0.717, 1.165) is 26.6 Å². The summed E-state index contributed by atoms with van der Waals surface area (Å²) in [5.74, 6) is 0.774. The molecule has 0 saturated carbocycles. The smallest absolute Gasteiger partial charge is 0.267 e. The van der Waals surface area contributed by atoms with Gasteiger partial charge in [0, 0.05) is 10.2 Å². The summed E-state index contributed by atoms with van der Waals surface area (Å²) in [6.07, 6.45) is 0. The first kappa shape index (κ1) is 19.4. The highest BCUT2D eigenvalue weighted by Crippen LogP contribution is 2.29. The molecule has 2 aromatic heterocycles. The lowest BCUT2D eigenvalue weighted by atomic mass is 10.0. The SMILES string of the molecule is Cc1cc(C)c(CSc2nc3ccsc3c(=O)n2-c2ccc(Br)cc2)c(C)c1. The van der Waals surface area contributed by atoms with Crippen LogP contribution in [0.1, 0.15) is 22.3 Å². The molecule has 0 radical (unpaired) electrons. The largest absolute Gasteiger partial charge is 0.276 e. The minimum Gasteiger partial charge on any atom is -0.267 e. The highest BCUT2D eigenvalue weighted by atomic mass is 79.9. The molecule has 0 fully saturated rings. The van der Waals surface area contributed by atoms with Gasteiger partial charge in [0.15, 0.2) is 5.16 Å². The van der Waals surface area contributed by atoms with Gasteiger partial charge in [0.1, 0.15) is 4.70 Å². The molecule has 0 amide bonds. The van der Waals surface area contributed by atoms with E-state index in [2.05, 4.69) is 48.8 Å². The van der Waals surface area contributed by atoms with Crippen molar-refractivity contribution in [2.45, 2.75) is 31.7 Å². The van der Waals surface area contributed by atoms with Crippen LogP contribution < -0.4 is 5.56 Å². The summed E-state index contributed by atoms with van der Waals surface area (Å²) in [5, 5.41) is 2.64. The Bertz CT molecular complexity index is 1200. The Morgan fingerprint density at radius 1 is 1.07 bits per heavy atom. The van der Waals surface area contributed by atoms with Crippen LogP contribution in [0.5, 0.6) is 0 Å². The molecule has 28 heavy (non-hydrogen) atoms. The van der Waals surface area contributed by atoms with Crippen LogP contribution in [-0.2, 0) is 5.75 Å². The highest BCUT2D eigenvalue weighted by molar-refractivity contribution is 9.10. The molecule has 0 spiro atoms. The lowest BCUT2D eigenvalue weighted by molar-refractivity contribution is 0.821. The molecule has 142 valence electrons. The fourth-order valence-corrected chi connectivity index (χ4v) is 5.61. The van der Waals surface area contributed by atoms with Gasteiger partial charge in [-0.1, -0.05) is 45.4 Å². The molecule has 0 bridgehead atoms. The number of rotatable bonds is 4. The standard InChI is InChI=1S/C22H19BrN2OS2/c1-13-10-14(2)18(15(3)11-13)12-28-22-24-19-8-9-27-20(19)21(26)25(22)17-6-4-16(23)5-7-17/h4-11H,12H2,1-3H3. The Labute approximate surface area is 180 Å². The quantitative estimate of drug-likeness (QED) is 0.254. The fraction of sp³-hybridized carbons (Fsp3) is 0.182. The molecule has 0 aliphatic rings. The van der Waals surface area contributed by atoms with Gasteiger partial charge in [0.25, 0.3) is 5.56 Å². The van der Waals surface area contributed by atoms with E-state index in [4.69, 9.17) is 4.98 Å². The zero-order valence-electron chi connectivity index (χ0n) is 15.8. The van der Waals surface area contributed by atoms with Crippen LogP contribution in [0, 0.1) is 20.8 Å². The Balaban J connectivity index is 1.81. The zero-order valence-corrected chi connectivity index (χ0v) is 19.0. The number of thioether (sulfide) groups is 1. The molecule has 3 nitrogen and oxygen atoms in total. The minimum absolute atomic E-state index is 0.0119. The van der Waals surface area contributed by atoms with Gasteiger partial charge in [-0.25, -0.2) is 4.98 Å². The number of aromatic nitrogens is 2. The Morgan fingerprint density at radius 3 is 2.43 bits per heavy atom. The molecular weight excluding hydrogens is 452 g/mol. The van der Waals surface area contributed by atoms with Gasteiger partial charge >= 0.3 is 0 Å². The maximum absolute atomic E-state index is 13.2. The van der Waals surface area contributed by atoms with E-state index in [0.29, 0.717) is 4.70 Å². The van der Waals surface area contributed by atoms with Gasteiger partial charge in [0.05, 0.1) is 11.2 Å². The maximum atomic E-state index is 13.2. The van der Waals surface area contributed by atoms with Gasteiger partial charge in [-0.2, -0.15) is 0 Å². The van der Waals surface area contributed by atoms with Crippen molar-refractivity contribution in [2.24, 2.45) is 0 Å². The van der Waals surface area contributed by atoms with E-state index in [1.807, 2.05) is 35.7 Å². The van der Waals surface area contributed by atoms with Crippen molar-refractivity contribution in [2.75, 3.05) is 0 Å². The van der Waals surface area contributed by atoms with Crippen molar-refractivity contribution in [3.05, 3.63) is 84.9 Å². The normalized spacial score (nSPS) is 11.3. The molecule has 6 heteroatoms. The third kappa shape index (κ3) is 3.69. The number of benzene rings is 2. The van der Waals surface area contributed by atoms with Gasteiger partial charge < -0.3 is 0 Å². The number of aryl methyl sites for hydroxylation is 3. The topological polar surface area (TPSA) is 34.9 Å². The number of fused-ring (bicyclic) bond motifs is 1. The third-order valence-corrected chi connectivity index (χ3v) is 7.11. The van der Waals surface area contributed by atoms with E-state index >= 15 is 0 Å².